The lowest BCUT2D eigenvalue weighted by molar-refractivity contribution is 0.529. The maximum atomic E-state index is 5.56. The first-order valence-corrected chi connectivity index (χ1v) is 6.97. The van der Waals surface area contributed by atoms with Crippen LogP contribution in [0.1, 0.15) is 19.8 Å². The molecule has 1 aromatic rings. The van der Waals surface area contributed by atoms with E-state index < -0.39 is 0 Å². The van der Waals surface area contributed by atoms with Crippen LogP contribution >= 0.6 is 31.9 Å². The quantitative estimate of drug-likeness (QED) is 0.773. The number of pyridine rings is 1. The van der Waals surface area contributed by atoms with Crippen LogP contribution in [-0.2, 0) is 0 Å². The van der Waals surface area contributed by atoms with Gasteiger partial charge in [0.15, 0.2) is 0 Å². The molecule has 0 bridgehead atoms. The third-order valence-corrected chi connectivity index (χ3v) is 3.41. The van der Waals surface area contributed by atoms with Crippen LogP contribution < -0.4 is 11.1 Å². The lowest BCUT2D eigenvalue weighted by Gasteiger charge is -2.10. The van der Waals surface area contributed by atoms with Crippen LogP contribution in [0.15, 0.2) is 21.2 Å². The monoisotopic (exact) mass is 349 g/mol. The first-order chi connectivity index (χ1) is 7.63. The van der Waals surface area contributed by atoms with E-state index >= 15 is 0 Å². The van der Waals surface area contributed by atoms with Crippen molar-refractivity contribution in [2.45, 2.75) is 19.8 Å². The van der Waals surface area contributed by atoms with Crippen molar-refractivity contribution in [3.63, 3.8) is 0 Å². The molecular weight excluding hydrogens is 334 g/mol. The fourth-order valence-corrected chi connectivity index (χ4v) is 2.45. The van der Waals surface area contributed by atoms with Crippen LogP contribution in [0, 0.1) is 5.92 Å². The second-order valence-corrected chi connectivity index (χ2v) is 5.66. The molecule has 1 aromatic heterocycles. The lowest BCUT2D eigenvalue weighted by atomic mass is 10.1. The van der Waals surface area contributed by atoms with Gasteiger partial charge in [-0.05, 0) is 63.2 Å². The zero-order chi connectivity index (χ0) is 12.0. The SMILES string of the molecule is CC(CN)CCCNc1ncc(Br)cc1Br. The van der Waals surface area contributed by atoms with Crippen LogP contribution in [0.3, 0.4) is 0 Å². The van der Waals surface area contributed by atoms with E-state index in [9.17, 15) is 0 Å². The summed E-state index contributed by atoms with van der Waals surface area (Å²) in [7, 11) is 0. The van der Waals surface area contributed by atoms with Crippen LogP contribution in [0.25, 0.3) is 0 Å². The number of anilines is 1. The van der Waals surface area contributed by atoms with Gasteiger partial charge in [0.05, 0.1) is 4.47 Å². The lowest BCUT2D eigenvalue weighted by Crippen LogP contribution is -2.12. The minimum absolute atomic E-state index is 0.600. The van der Waals surface area contributed by atoms with E-state index in [-0.39, 0.29) is 0 Å². The Bertz CT molecular complexity index is 331. The molecule has 16 heavy (non-hydrogen) atoms. The Balaban J connectivity index is 2.32. The summed E-state index contributed by atoms with van der Waals surface area (Å²) < 4.78 is 1.95. The van der Waals surface area contributed by atoms with Crippen molar-refractivity contribution in [1.82, 2.24) is 4.98 Å². The van der Waals surface area contributed by atoms with Crippen molar-refractivity contribution in [1.29, 1.82) is 0 Å². The molecule has 0 saturated carbocycles. The minimum atomic E-state index is 0.600. The second kappa shape index (κ2) is 7.25. The summed E-state index contributed by atoms with van der Waals surface area (Å²) in [6.07, 6.45) is 4.05. The average molecular weight is 351 g/mol. The van der Waals surface area contributed by atoms with E-state index in [1.54, 1.807) is 6.20 Å². The van der Waals surface area contributed by atoms with E-state index in [4.69, 9.17) is 5.73 Å². The molecule has 5 heteroatoms. The van der Waals surface area contributed by atoms with Gasteiger partial charge >= 0.3 is 0 Å². The number of nitrogens with zero attached hydrogens (tertiary/aromatic N) is 1. The van der Waals surface area contributed by atoms with Crippen molar-refractivity contribution < 1.29 is 0 Å². The predicted octanol–water partition coefficient (Wildman–Crippen LogP) is 3.39. The summed E-state index contributed by atoms with van der Waals surface area (Å²) in [5, 5.41) is 3.30. The number of hydrogen-bond acceptors (Lipinski definition) is 3. The fraction of sp³-hybridized carbons (Fsp3) is 0.545. The summed E-state index contributed by atoms with van der Waals surface area (Å²) >= 11 is 6.84. The summed E-state index contributed by atoms with van der Waals surface area (Å²) in [5.74, 6) is 1.49. The van der Waals surface area contributed by atoms with Crippen LogP contribution in [0.2, 0.25) is 0 Å². The highest BCUT2D eigenvalue weighted by atomic mass is 79.9. The van der Waals surface area contributed by atoms with E-state index in [1.165, 1.54) is 0 Å². The molecule has 0 fully saturated rings. The van der Waals surface area contributed by atoms with Crippen molar-refractivity contribution in [2.24, 2.45) is 11.7 Å². The summed E-state index contributed by atoms with van der Waals surface area (Å²) in [5.41, 5.74) is 5.56. The largest absolute Gasteiger partial charge is 0.369 e. The number of nitrogens with one attached hydrogen (secondary N) is 1. The van der Waals surface area contributed by atoms with E-state index in [2.05, 4.69) is 49.1 Å². The number of aromatic nitrogens is 1. The van der Waals surface area contributed by atoms with Crippen LogP contribution in [-0.4, -0.2) is 18.1 Å². The van der Waals surface area contributed by atoms with Gasteiger partial charge in [-0.3, -0.25) is 0 Å². The highest BCUT2D eigenvalue weighted by molar-refractivity contribution is 9.11. The van der Waals surface area contributed by atoms with Gasteiger partial charge in [-0.1, -0.05) is 6.92 Å². The molecule has 1 unspecified atom stereocenters. The normalized spacial score (nSPS) is 12.5. The Hall–Kier alpha value is -0.130. The van der Waals surface area contributed by atoms with E-state index in [1.807, 2.05) is 6.07 Å². The minimum Gasteiger partial charge on any atom is -0.369 e. The third-order valence-electron chi connectivity index (χ3n) is 2.38. The highest BCUT2D eigenvalue weighted by Gasteiger charge is 2.02. The van der Waals surface area contributed by atoms with Gasteiger partial charge in [-0.25, -0.2) is 4.98 Å². The Morgan fingerprint density at radius 1 is 1.50 bits per heavy atom. The number of nitrogens with two attached hydrogens (primary N) is 1. The Labute approximate surface area is 113 Å². The maximum absolute atomic E-state index is 5.56. The van der Waals surface area contributed by atoms with Crippen molar-refractivity contribution >= 4 is 37.7 Å². The fourth-order valence-electron chi connectivity index (χ4n) is 1.32. The number of halogens is 2. The number of rotatable bonds is 6. The Morgan fingerprint density at radius 2 is 2.25 bits per heavy atom. The summed E-state index contributed by atoms with van der Waals surface area (Å²) in [6.45, 7) is 3.87. The second-order valence-electron chi connectivity index (χ2n) is 3.89. The van der Waals surface area contributed by atoms with Crippen molar-refractivity contribution in [3.05, 3.63) is 21.2 Å². The molecule has 0 aromatic carbocycles. The topological polar surface area (TPSA) is 50.9 Å². The molecule has 90 valence electrons. The predicted molar refractivity (Wildman–Crippen MR) is 75.6 cm³/mol. The molecule has 0 saturated heterocycles. The third kappa shape index (κ3) is 4.80. The molecule has 0 spiro atoms. The molecule has 1 rings (SSSR count). The maximum Gasteiger partial charge on any atom is 0.140 e. The molecule has 1 heterocycles. The average Bonchev–Trinajstić information content (AvgIpc) is 2.26. The molecule has 1 atom stereocenters. The van der Waals surface area contributed by atoms with E-state index in [0.717, 1.165) is 40.7 Å². The molecule has 3 N–H and O–H groups in total. The molecule has 0 radical (unpaired) electrons. The van der Waals surface area contributed by atoms with Gasteiger partial charge in [-0.15, -0.1) is 0 Å². The molecule has 0 aliphatic rings. The molecule has 3 nitrogen and oxygen atoms in total. The molecule has 0 aliphatic heterocycles. The standard InChI is InChI=1S/C11H17Br2N3/c1-8(6-14)3-2-4-15-11-10(13)5-9(12)7-16-11/h5,7-8H,2-4,6,14H2,1H3,(H,15,16). The number of hydrogen-bond donors (Lipinski definition) is 2. The van der Waals surface area contributed by atoms with Crippen LogP contribution in [0.4, 0.5) is 5.82 Å². The van der Waals surface area contributed by atoms with Gasteiger partial charge in [0.2, 0.25) is 0 Å². The zero-order valence-electron chi connectivity index (χ0n) is 9.34. The van der Waals surface area contributed by atoms with Gasteiger partial charge in [0, 0.05) is 17.2 Å². The van der Waals surface area contributed by atoms with Gasteiger partial charge < -0.3 is 11.1 Å². The molecule has 0 amide bonds. The highest BCUT2D eigenvalue weighted by Crippen LogP contribution is 2.23. The van der Waals surface area contributed by atoms with Gasteiger partial charge in [0.25, 0.3) is 0 Å². The first kappa shape index (κ1) is 13.9. The summed E-state index contributed by atoms with van der Waals surface area (Å²) in [4.78, 5) is 4.29. The Kier molecular flexibility index (Phi) is 6.31. The van der Waals surface area contributed by atoms with Crippen LogP contribution in [0.5, 0.6) is 0 Å². The van der Waals surface area contributed by atoms with Gasteiger partial charge in [-0.2, -0.15) is 0 Å². The molecule has 0 aliphatic carbocycles. The summed E-state index contributed by atoms with van der Waals surface area (Å²) in [6, 6.07) is 1.98. The van der Waals surface area contributed by atoms with Gasteiger partial charge in [0.1, 0.15) is 5.82 Å². The Morgan fingerprint density at radius 3 is 2.88 bits per heavy atom. The smallest absolute Gasteiger partial charge is 0.140 e. The first-order valence-electron chi connectivity index (χ1n) is 5.38. The molecular formula is C11H17Br2N3. The van der Waals surface area contributed by atoms with Crippen molar-refractivity contribution in [3.8, 4) is 0 Å². The van der Waals surface area contributed by atoms with E-state index in [0.29, 0.717) is 5.92 Å². The van der Waals surface area contributed by atoms with Crippen molar-refractivity contribution in [2.75, 3.05) is 18.4 Å². The zero-order valence-corrected chi connectivity index (χ0v) is 12.5.